The summed E-state index contributed by atoms with van der Waals surface area (Å²) in [4.78, 5) is 12.4. The van der Waals surface area contributed by atoms with E-state index < -0.39 is 0 Å². The van der Waals surface area contributed by atoms with Crippen LogP contribution in [0.15, 0.2) is 22.7 Å². The van der Waals surface area contributed by atoms with Crippen LogP contribution in [0.1, 0.15) is 44.1 Å². The summed E-state index contributed by atoms with van der Waals surface area (Å²) in [5.74, 6) is 3.28. The first-order valence-corrected chi connectivity index (χ1v) is 9.51. The molecule has 3 nitrogen and oxygen atoms in total. The number of carbonyl (C=O) groups is 1. The van der Waals surface area contributed by atoms with Gasteiger partial charge in [0, 0.05) is 5.54 Å². The Bertz CT molecular complexity index is 593. The second-order valence-electron chi connectivity index (χ2n) is 7.97. The lowest BCUT2D eigenvalue weighted by atomic mass is 9.53. The summed E-state index contributed by atoms with van der Waals surface area (Å²) in [6, 6.07) is 5.92. The van der Waals surface area contributed by atoms with E-state index in [1.54, 1.807) is 0 Å². The van der Waals surface area contributed by atoms with E-state index in [9.17, 15) is 4.79 Å². The van der Waals surface area contributed by atoms with Gasteiger partial charge in [0.2, 0.25) is 0 Å². The predicted octanol–water partition coefficient (Wildman–Crippen LogP) is 4.22. The average Bonchev–Trinajstić information content (AvgIpc) is 2.44. The standard InChI is InChI=1S/C19H24BrNO2/c1-12-2-3-17(16(20)4-12)23-11-18(22)21-19-8-13-5-14(9-19)7-15(6-13)10-19/h2-4,13-15H,5-11H2,1H3,(H,21,22). The van der Waals surface area contributed by atoms with Crippen LogP contribution in [0.3, 0.4) is 0 Å². The third-order valence-electron chi connectivity index (χ3n) is 5.89. The maximum absolute atomic E-state index is 12.4. The SMILES string of the molecule is Cc1ccc(OCC(=O)NC23CC4CC(CC(C4)C2)C3)c(Br)c1. The lowest BCUT2D eigenvalue weighted by molar-refractivity contribution is -0.128. The van der Waals surface area contributed by atoms with Crippen LogP contribution in [0.5, 0.6) is 5.75 Å². The Morgan fingerprint density at radius 2 is 1.83 bits per heavy atom. The van der Waals surface area contributed by atoms with E-state index in [4.69, 9.17) is 4.74 Å². The number of carbonyl (C=O) groups excluding carboxylic acids is 1. The molecule has 1 aromatic carbocycles. The van der Waals surface area contributed by atoms with Crippen molar-refractivity contribution in [2.24, 2.45) is 17.8 Å². The summed E-state index contributed by atoms with van der Waals surface area (Å²) in [7, 11) is 0. The second-order valence-corrected chi connectivity index (χ2v) is 8.82. The highest BCUT2D eigenvalue weighted by Crippen LogP contribution is 2.55. The summed E-state index contributed by atoms with van der Waals surface area (Å²) >= 11 is 3.49. The quantitative estimate of drug-likeness (QED) is 0.852. The van der Waals surface area contributed by atoms with Crippen LogP contribution < -0.4 is 10.1 Å². The molecule has 1 aromatic rings. The predicted molar refractivity (Wildman–Crippen MR) is 93.4 cm³/mol. The number of halogens is 1. The van der Waals surface area contributed by atoms with Crippen molar-refractivity contribution in [3.05, 3.63) is 28.2 Å². The second kappa shape index (κ2) is 5.80. The van der Waals surface area contributed by atoms with Crippen LogP contribution >= 0.6 is 15.9 Å². The molecule has 0 heterocycles. The molecule has 0 aromatic heterocycles. The Kier molecular flexibility index (Phi) is 3.91. The van der Waals surface area contributed by atoms with E-state index in [0.717, 1.165) is 28.0 Å². The highest BCUT2D eigenvalue weighted by molar-refractivity contribution is 9.10. The topological polar surface area (TPSA) is 38.3 Å². The van der Waals surface area contributed by atoms with Crippen molar-refractivity contribution in [1.82, 2.24) is 5.32 Å². The monoisotopic (exact) mass is 377 g/mol. The number of amides is 1. The smallest absolute Gasteiger partial charge is 0.258 e. The molecule has 0 saturated heterocycles. The molecule has 0 unspecified atom stereocenters. The first-order valence-electron chi connectivity index (χ1n) is 8.71. The summed E-state index contributed by atoms with van der Waals surface area (Å²) in [5, 5.41) is 3.35. The molecular weight excluding hydrogens is 354 g/mol. The molecule has 4 bridgehead atoms. The molecular formula is C19H24BrNO2. The van der Waals surface area contributed by atoms with Gasteiger partial charge in [0.25, 0.3) is 5.91 Å². The molecule has 5 rings (SSSR count). The average molecular weight is 378 g/mol. The summed E-state index contributed by atoms with van der Waals surface area (Å²) in [6.07, 6.45) is 7.71. The zero-order valence-electron chi connectivity index (χ0n) is 13.6. The normalized spacial score (nSPS) is 34.4. The minimum Gasteiger partial charge on any atom is -0.483 e. The minimum atomic E-state index is 0.0272. The molecule has 0 radical (unpaired) electrons. The van der Waals surface area contributed by atoms with E-state index in [2.05, 4.69) is 21.2 Å². The van der Waals surface area contributed by atoms with Gasteiger partial charge in [-0.15, -0.1) is 0 Å². The first kappa shape index (κ1) is 15.5. The maximum atomic E-state index is 12.4. The highest BCUT2D eigenvalue weighted by Gasteiger charge is 2.51. The molecule has 4 aliphatic carbocycles. The molecule has 124 valence electrons. The van der Waals surface area contributed by atoms with Crippen LogP contribution in [0.4, 0.5) is 0 Å². The van der Waals surface area contributed by atoms with E-state index >= 15 is 0 Å². The van der Waals surface area contributed by atoms with Gasteiger partial charge in [-0.2, -0.15) is 0 Å². The molecule has 0 spiro atoms. The van der Waals surface area contributed by atoms with Crippen molar-refractivity contribution in [3.63, 3.8) is 0 Å². The zero-order valence-corrected chi connectivity index (χ0v) is 15.2. The first-order chi connectivity index (χ1) is 11.0. The number of aryl methyl sites for hydroxylation is 1. The molecule has 4 aliphatic rings. The fourth-order valence-corrected chi connectivity index (χ4v) is 6.07. The number of hydrogen-bond acceptors (Lipinski definition) is 2. The van der Waals surface area contributed by atoms with Crippen LogP contribution in [0, 0.1) is 24.7 Å². The van der Waals surface area contributed by atoms with Crippen LogP contribution in [0.2, 0.25) is 0 Å². The van der Waals surface area contributed by atoms with Gasteiger partial charge in [-0.3, -0.25) is 4.79 Å². The lowest BCUT2D eigenvalue weighted by Crippen LogP contribution is -2.60. The van der Waals surface area contributed by atoms with Gasteiger partial charge >= 0.3 is 0 Å². The van der Waals surface area contributed by atoms with Crippen molar-refractivity contribution in [2.75, 3.05) is 6.61 Å². The third kappa shape index (κ3) is 3.15. The van der Waals surface area contributed by atoms with Crippen molar-refractivity contribution < 1.29 is 9.53 Å². The van der Waals surface area contributed by atoms with Crippen molar-refractivity contribution in [2.45, 2.75) is 51.0 Å². The molecule has 23 heavy (non-hydrogen) atoms. The minimum absolute atomic E-state index is 0.0272. The van der Waals surface area contributed by atoms with Gasteiger partial charge in [-0.05, 0) is 96.8 Å². The fraction of sp³-hybridized carbons (Fsp3) is 0.632. The number of rotatable bonds is 4. The van der Waals surface area contributed by atoms with E-state index in [0.29, 0.717) is 0 Å². The fourth-order valence-electron chi connectivity index (χ4n) is 5.46. The van der Waals surface area contributed by atoms with Gasteiger partial charge in [-0.25, -0.2) is 0 Å². The highest BCUT2D eigenvalue weighted by atomic mass is 79.9. The number of ether oxygens (including phenoxy) is 1. The Labute approximate surface area is 146 Å². The number of nitrogens with one attached hydrogen (secondary N) is 1. The van der Waals surface area contributed by atoms with Gasteiger partial charge in [0.15, 0.2) is 6.61 Å². The van der Waals surface area contributed by atoms with Gasteiger partial charge < -0.3 is 10.1 Å². The molecule has 1 amide bonds. The lowest BCUT2D eigenvalue weighted by Gasteiger charge is -2.56. The molecule has 1 N–H and O–H groups in total. The third-order valence-corrected chi connectivity index (χ3v) is 6.51. The molecule has 4 heteroatoms. The van der Waals surface area contributed by atoms with E-state index in [1.165, 1.54) is 44.1 Å². The summed E-state index contributed by atoms with van der Waals surface area (Å²) in [6.45, 7) is 2.14. The molecule has 0 atom stereocenters. The number of benzene rings is 1. The van der Waals surface area contributed by atoms with Crippen molar-refractivity contribution in [3.8, 4) is 5.75 Å². The summed E-state index contributed by atoms with van der Waals surface area (Å²) < 4.78 is 6.61. The van der Waals surface area contributed by atoms with Crippen LogP contribution in [-0.4, -0.2) is 18.1 Å². The summed E-state index contributed by atoms with van der Waals surface area (Å²) in [5.41, 5.74) is 1.24. The molecule has 0 aliphatic heterocycles. The Morgan fingerprint density at radius 3 is 2.39 bits per heavy atom. The molecule has 4 fully saturated rings. The van der Waals surface area contributed by atoms with Gasteiger partial charge in [0.1, 0.15) is 5.75 Å². The molecule has 4 saturated carbocycles. The van der Waals surface area contributed by atoms with E-state index in [-0.39, 0.29) is 18.1 Å². The van der Waals surface area contributed by atoms with Crippen molar-refractivity contribution >= 4 is 21.8 Å². The van der Waals surface area contributed by atoms with Crippen LogP contribution in [-0.2, 0) is 4.79 Å². The van der Waals surface area contributed by atoms with Gasteiger partial charge in [0.05, 0.1) is 4.47 Å². The van der Waals surface area contributed by atoms with Gasteiger partial charge in [-0.1, -0.05) is 6.07 Å². The Morgan fingerprint density at radius 1 is 1.22 bits per heavy atom. The largest absolute Gasteiger partial charge is 0.483 e. The van der Waals surface area contributed by atoms with Crippen LogP contribution in [0.25, 0.3) is 0 Å². The Hall–Kier alpha value is -1.03. The number of hydrogen-bond donors (Lipinski definition) is 1. The maximum Gasteiger partial charge on any atom is 0.258 e. The van der Waals surface area contributed by atoms with Crippen molar-refractivity contribution in [1.29, 1.82) is 0 Å². The Balaban J connectivity index is 1.37. The zero-order chi connectivity index (χ0) is 16.0. The van der Waals surface area contributed by atoms with E-state index in [1.807, 2.05) is 25.1 Å².